The molecule has 0 radical (unpaired) electrons. The van der Waals surface area contributed by atoms with Crippen molar-refractivity contribution in [3.63, 3.8) is 0 Å². The molecule has 5 rings (SSSR count). The zero-order chi connectivity index (χ0) is 30.4. The minimum atomic E-state index is -4.01. The lowest BCUT2D eigenvalue weighted by atomic mass is 9.34. The lowest BCUT2D eigenvalue weighted by Gasteiger charge is -2.70. The summed E-state index contributed by atoms with van der Waals surface area (Å²) in [5, 5.41) is 10.4. The maximum absolute atomic E-state index is 13.7. The predicted molar refractivity (Wildman–Crippen MR) is 158 cm³/mol. The highest BCUT2D eigenvalue weighted by Crippen LogP contribution is 2.75. The van der Waals surface area contributed by atoms with E-state index >= 15 is 0 Å². The molecule has 1 unspecified atom stereocenters. The first-order valence-electron chi connectivity index (χ1n) is 15.1. The minimum absolute atomic E-state index is 0.0720. The van der Waals surface area contributed by atoms with Crippen molar-refractivity contribution in [3.8, 4) is 0 Å². The SMILES string of the molecule is COP(=O)(OC(=O)[C@]1(C)CC[C@]2(C)CC[C@]3(C)C4=CC=C5C(=CC(=O)C(O)=C5C)[C@]4(C)CC[C@@]3(C)[C@@H]2C1)OC(C)C. The Kier molecular flexibility index (Phi) is 7.09. The molecule has 0 heterocycles. The molecule has 0 saturated heterocycles. The van der Waals surface area contributed by atoms with Crippen molar-refractivity contribution in [2.75, 3.05) is 7.11 Å². The van der Waals surface area contributed by atoms with Crippen molar-refractivity contribution >= 4 is 19.6 Å². The van der Waals surface area contributed by atoms with Gasteiger partial charge in [-0.2, -0.15) is 0 Å². The molecule has 3 fully saturated rings. The van der Waals surface area contributed by atoms with Gasteiger partial charge in [-0.25, -0.2) is 4.57 Å². The molecular formula is C33H47O7P. The van der Waals surface area contributed by atoms with Crippen LogP contribution in [0.4, 0.5) is 0 Å². The average molecular weight is 587 g/mol. The first kappa shape index (κ1) is 30.5. The molecule has 41 heavy (non-hydrogen) atoms. The van der Waals surface area contributed by atoms with Crippen LogP contribution in [0.15, 0.2) is 46.3 Å². The first-order chi connectivity index (χ1) is 18.9. The highest BCUT2D eigenvalue weighted by atomic mass is 31.2. The smallest absolute Gasteiger partial charge is 0.504 e. The minimum Gasteiger partial charge on any atom is -0.504 e. The van der Waals surface area contributed by atoms with Gasteiger partial charge in [0.2, 0.25) is 5.78 Å². The Hall–Kier alpha value is -1.95. The fourth-order valence-electron chi connectivity index (χ4n) is 9.21. The molecule has 7 atom stereocenters. The number of aliphatic hydroxyl groups is 1. The number of allylic oxidation sites excluding steroid dienone is 7. The second-order valence-electron chi connectivity index (χ2n) is 14.8. The molecule has 3 saturated carbocycles. The summed E-state index contributed by atoms with van der Waals surface area (Å²) in [6.45, 7) is 16.7. The highest BCUT2D eigenvalue weighted by molar-refractivity contribution is 7.49. The second-order valence-corrected chi connectivity index (χ2v) is 16.4. The van der Waals surface area contributed by atoms with Crippen molar-refractivity contribution in [2.45, 2.75) is 106 Å². The summed E-state index contributed by atoms with van der Waals surface area (Å²) >= 11 is 0. The number of rotatable bonds is 5. The Bertz CT molecular complexity index is 1370. The number of aliphatic hydroxyl groups excluding tert-OH is 1. The topological polar surface area (TPSA) is 99.1 Å². The molecule has 5 aliphatic rings. The molecular weight excluding hydrogens is 539 g/mol. The van der Waals surface area contributed by atoms with E-state index in [1.165, 1.54) is 12.7 Å². The molecule has 5 aliphatic carbocycles. The number of ketones is 1. The molecule has 0 aromatic heterocycles. The summed E-state index contributed by atoms with van der Waals surface area (Å²) in [7, 11) is -2.77. The van der Waals surface area contributed by atoms with Crippen molar-refractivity contribution in [1.82, 2.24) is 0 Å². The molecule has 8 heteroatoms. The normalized spacial score (nSPS) is 41.7. The van der Waals surface area contributed by atoms with Gasteiger partial charge < -0.3 is 9.63 Å². The molecule has 0 aromatic rings. The summed E-state index contributed by atoms with van der Waals surface area (Å²) in [6.07, 6.45) is 11.7. The Morgan fingerprint density at radius 2 is 1.68 bits per heavy atom. The van der Waals surface area contributed by atoms with E-state index in [0.29, 0.717) is 18.4 Å². The Morgan fingerprint density at radius 3 is 2.32 bits per heavy atom. The third-order valence-corrected chi connectivity index (χ3v) is 13.6. The summed E-state index contributed by atoms with van der Waals surface area (Å²) < 4.78 is 29.1. The fraction of sp³-hybridized carbons (Fsp3) is 0.697. The van der Waals surface area contributed by atoms with Gasteiger partial charge in [0.05, 0.1) is 11.5 Å². The number of hydrogen-bond acceptors (Lipinski definition) is 7. The summed E-state index contributed by atoms with van der Waals surface area (Å²) in [5.74, 6) is -0.759. The van der Waals surface area contributed by atoms with Gasteiger partial charge in [0.15, 0.2) is 5.76 Å². The van der Waals surface area contributed by atoms with Crippen LogP contribution >= 0.6 is 7.82 Å². The summed E-state index contributed by atoms with van der Waals surface area (Å²) in [5.41, 5.74) is 2.67. The van der Waals surface area contributed by atoms with E-state index in [1.54, 1.807) is 19.9 Å². The van der Waals surface area contributed by atoms with Gasteiger partial charge in [0.25, 0.3) is 0 Å². The van der Waals surface area contributed by atoms with E-state index in [-0.39, 0.29) is 39.1 Å². The van der Waals surface area contributed by atoms with Crippen LogP contribution in [0.25, 0.3) is 0 Å². The van der Waals surface area contributed by atoms with Crippen molar-refractivity contribution in [3.05, 3.63) is 46.3 Å². The molecule has 0 amide bonds. The van der Waals surface area contributed by atoms with Crippen LogP contribution in [-0.4, -0.2) is 30.1 Å². The summed E-state index contributed by atoms with van der Waals surface area (Å²) in [6, 6.07) is 0. The molecule has 7 nitrogen and oxygen atoms in total. The molecule has 0 bridgehead atoms. The number of phosphoric ester groups is 1. The van der Waals surface area contributed by atoms with Gasteiger partial charge in [0.1, 0.15) is 0 Å². The van der Waals surface area contributed by atoms with Crippen LogP contribution in [0.2, 0.25) is 0 Å². The third-order valence-electron chi connectivity index (χ3n) is 12.1. The zero-order valence-electron chi connectivity index (χ0n) is 26.2. The van der Waals surface area contributed by atoms with Crippen molar-refractivity contribution in [1.29, 1.82) is 0 Å². The standard InChI is InChI=1S/C33H47O7P/c1-20(2)39-41(37,38-9)40-28(36)30(5)13-12-29(4)14-16-32(7)25-11-10-22-21(3)27(35)24(34)18-23(22)31(25,6)15-17-33(32,8)26(29)19-30/h10-11,18,20,26,35H,12-17,19H2,1-9H3/t26-,29-,30-,31+,32-,33+,41?/m1/s1. The largest absolute Gasteiger partial charge is 0.532 e. The number of fused-ring (bicyclic) bond motifs is 7. The average Bonchev–Trinajstić information content (AvgIpc) is 2.90. The van der Waals surface area contributed by atoms with E-state index < -0.39 is 25.3 Å². The van der Waals surface area contributed by atoms with Gasteiger partial charge >= 0.3 is 13.8 Å². The Morgan fingerprint density at radius 1 is 1.02 bits per heavy atom. The monoisotopic (exact) mass is 586 g/mol. The van der Waals surface area contributed by atoms with E-state index in [9.17, 15) is 19.3 Å². The van der Waals surface area contributed by atoms with Crippen LogP contribution in [0.1, 0.15) is 100 Å². The molecule has 0 aliphatic heterocycles. The van der Waals surface area contributed by atoms with Gasteiger partial charge in [-0.15, -0.1) is 0 Å². The van der Waals surface area contributed by atoms with Crippen LogP contribution in [0.3, 0.4) is 0 Å². The first-order valence-corrected chi connectivity index (χ1v) is 16.5. The number of carbonyl (C=O) groups is 2. The number of phosphoric acid groups is 1. The molecule has 1 N–H and O–H groups in total. The van der Waals surface area contributed by atoms with Crippen molar-refractivity contribution < 1.29 is 32.8 Å². The van der Waals surface area contributed by atoms with Crippen LogP contribution in [-0.2, 0) is 27.7 Å². The quantitative estimate of drug-likeness (QED) is 0.323. The van der Waals surface area contributed by atoms with Gasteiger partial charge in [0, 0.05) is 18.1 Å². The van der Waals surface area contributed by atoms with E-state index in [4.69, 9.17) is 13.6 Å². The van der Waals surface area contributed by atoms with E-state index in [2.05, 4.69) is 39.8 Å². The lowest BCUT2D eigenvalue weighted by Crippen LogP contribution is -2.62. The van der Waals surface area contributed by atoms with Gasteiger partial charge in [-0.05, 0) is 112 Å². The third kappa shape index (κ3) is 4.32. The second kappa shape index (κ2) is 9.53. The maximum atomic E-state index is 13.7. The number of hydrogen-bond donors (Lipinski definition) is 1. The Labute approximate surface area is 245 Å². The molecule has 226 valence electrons. The summed E-state index contributed by atoms with van der Waals surface area (Å²) in [4.78, 5) is 26.4. The van der Waals surface area contributed by atoms with Crippen LogP contribution in [0.5, 0.6) is 0 Å². The molecule has 0 aromatic carbocycles. The Balaban J connectivity index is 1.52. The highest BCUT2D eigenvalue weighted by Gasteiger charge is 2.67. The predicted octanol–water partition coefficient (Wildman–Crippen LogP) is 8.34. The van der Waals surface area contributed by atoms with E-state index in [1.807, 2.05) is 13.8 Å². The zero-order valence-corrected chi connectivity index (χ0v) is 27.1. The van der Waals surface area contributed by atoms with Gasteiger partial charge in [-0.1, -0.05) is 45.4 Å². The van der Waals surface area contributed by atoms with Crippen LogP contribution in [0, 0.1) is 33.0 Å². The van der Waals surface area contributed by atoms with Crippen molar-refractivity contribution in [2.24, 2.45) is 33.0 Å². The lowest BCUT2D eigenvalue weighted by molar-refractivity contribution is -0.177. The van der Waals surface area contributed by atoms with Gasteiger partial charge in [-0.3, -0.25) is 18.6 Å². The number of carbonyl (C=O) groups excluding carboxylic acids is 2. The molecule has 0 spiro atoms. The van der Waals surface area contributed by atoms with Crippen LogP contribution < -0.4 is 0 Å². The fourth-order valence-corrected chi connectivity index (χ4v) is 10.4. The van der Waals surface area contributed by atoms with E-state index in [0.717, 1.165) is 43.3 Å². The maximum Gasteiger partial charge on any atom is 0.532 e.